The van der Waals surface area contributed by atoms with Crippen LogP contribution >= 0.6 is 0 Å². The Morgan fingerprint density at radius 2 is 2.18 bits per heavy atom. The molecule has 1 rings (SSSR count). The highest BCUT2D eigenvalue weighted by atomic mass is 16.1. The first-order chi connectivity index (χ1) is 8.13. The number of amides is 1. The van der Waals surface area contributed by atoms with Crippen molar-refractivity contribution in [3.05, 3.63) is 18.1 Å². The molecule has 1 aromatic rings. The van der Waals surface area contributed by atoms with E-state index in [2.05, 4.69) is 34.4 Å². The molecular formula is C12H20N4O. The van der Waals surface area contributed by atoms with Gasteiger partial charge in [-0.05, 0) is 18.8 Å². The molecule has 0 aromatic carbocycles. The van der Waals surface area contributed by atoms with Crippen LogP contribution in [0.1, 0.15) is 37.2 Å². The van der Waals surface area contributed by atoms with Crippen molar-refractivity contribution in [2.75, 3.05) is 18.9 Å². The van der Waals surface area contributed by atoms with E-state index in [0.717, 1.165) is 12.8 Å². The third kappa shape index (κ3) is 4.80. The Morgan fingerprint density at radius 3 is 2.82 bits per heavy atom. The van der Waals surface area contributed by atoms with Crippen molar-refractivity contribution < 1.29 is 4.79 Å². The fourth-order valence-electron chi connectivity index (χ4n) is 1.40. The van der Waals surface area contributed by atoms with Gasteiger partial charge in [-0.25, -0.2) is 4.98 Å². The van der Waals surface area contributed by atoms with Gasteiger partial charge in [0.25, 0.3) is 5.91 Å². The number of nitrogens with one attached hydrogen (secondary N) is 2. The van der Waals surface area contributed by atoms with Crippen LogP contribution in [0.2, 0.25) is 0 Å². The molecule has 1 amide bonds. The van der Waals surface area contributed by atoms with Crippen molar-refractivity contribution >= 4 is 11.7 Å². The maximum Gasteiger partial charge on any atom is 0.271 e. The van der Waals surface area contributed by atoms with Gasteiger partial charge in [-0.3, -0.25) is 9.78 Å². The summed E-state index contributed by atoms with van der Waals surface area (Å²) in [6, 6.07) is 0. The molecule has 0 bridgehead atoms. The molecule has 0 aliphatic heterocycles. The largest absolute Gasteiger partial charge is 0.372 e. The normalized spacial score (nSPS) is 10.4. The standard InChI is InChI=1S/C12H20N4O/c1-9(2)5-4-6-15-12(17)10-7-14-8-11(13-3)16-10/h7-9H,4-6H2,1-3H3,(H,13,16)(H,15,17). The summed E-state index contributed by atoms with van der Waals surface area (Å²) in [7, 11) is 1.74. The van der Waals surface area contributed by atoms with Gasteiger partial charge in [-0.1, -0.05) is 13.8 Å². The zero-order valence-electron chi connectivity index (χ0n) is 10.7. The number of aromatic nitrogens is 2. The zero-order valence-corrected chi connectivity index (χ0v) is 10.7. The molecule has 0 unspecified atom stereocenters. The molecule has 0 fully saturated rings. The quantitative estimate of drug-likeness (QED) is 0.737. The third-order valence-electron chi connectivity index (χ3n) is 2.37. The smallest absolute Gasteiger partial charge is 0.271 e. The number of hydrogen-bond donors (Lipinski definition) is 2. The molecule has 1 aromatic heterocycles. The Kier molecular flexibility index (Phi) is 5.39. The van der Waals surface area contributed by atoms with Gasteiger partial charge >= 0.3 is 0 Å². The lowest BCUT2D eigenvalue weighted by atomic mass is 10.1. The lowest BCUT2D eigenvalue weighted by molar-refractivity contribution is 0.0947. The molecular weight excluding hydrogens is 216 g/mol. The molecule has 1 heterocycles. The Bertz CT molecular complexity index is 365. The van der Waals surface area contributed by atoms with E-state index in [-0.39, 0.29) is 5.91 Å². The summed E-state index contributed by atoms with van der Waals surface area (Å²) in [6.07, 6.45) is 5.15. The summed E-state index contributed by atoms with van der Waals surface area (Å²) >= 11 is 0. The number of rotatable bonds is 6. The van der Waals surface area contributed by atoms with Gasteiger partial charge in [0.1, 0.15) is 11.5 Å². The average molecular weight is 236 g/mol. The van der Waals surface area contributed by atoms with Gasteiger partial charge in [-0.2, -0.15) is 0 Å². The molecule has 0 saturated heterocycles. The van der Waals surface area contributed by atoms with E-state index in [0.29, 0.717) is 24.0 Å². The molecule has 0 saturated carbocycles. The number of nitrogens with zero attached hydrogens (tertiary/aromatic N) is 2. The van der Waals surface area contributed by atoms with Crippen LogP contribution in [0.5, 0.6) is 0 Å². The van der Waals surface area contributed by atoms with Gasteiger partial charge in [0.15, 0.2) is 0 Å². The van der Waals surface area contributed by atoms with E-state index in [1.807, 2.05) is 0 Å². The Hall–Kier alpha value is -1.65. The lowest BCUT2D eigenvalue weighted by Crippen LogP contribution is -2.26. The monoisotopic (exact) mass is 236 g/mol. The Labute approximate surface area is 102 Å². The molecule has 0 atom stereocenters. The van der Waals surface area contributed by atoms with Crippen LogP contribution in [0, 0.1) is 5.92 Å². The van der Waals surface area contributed by atoms with Crippen LogP contribution in [-0.4, -0.2) is 29.5 Å². The predicted molar refractivity (Wildman–Crippen MR) is 68.0 cm³/mol. The molecule has 5 nitrogen and oxygen atoms in total. The SMILES string of the molecule is CNc1cncc(C(=O)NCCCC(C)C)n1. The molecule has 0 spiro atoms. The van der Waals surface area contributed by atoms with Gasteiger partial charge in [0.05, 0.1) is 12.4 Å². The summed E-state index contributed by atoms with van der Waals surface area (Å²) in [5.41, 5.74) is 0.349. The average Bonchev–Trinajstić information content (AvgIpc) is 2.34. The van der Waals surface area contributed by atoms with E-state index in [4.69, 9.17) is 0 Å². The minimum Gasteiger partial charge on any atom is -0.372 e. The van der Waals surface area contributed by atoms with Crippen LogP contribution in [0.25, 0.3) is 0 Å². The van der Waals surface area contributed by atoms with Crippen LogP contribution in [-0.2, 0) is 0 Å². The van der Waals surface area contributed by atoms with Crippen LogP contribution in [0.4, 0.5) is 5.82 Å². The maximum atomic E-state index is 11.7. The molecule has 0 radical (unpaired) electrons. The van der Waals surface area contributed by atoms with Gasteiger partial charge in [-0.15, -0.1) is 0 Å². The molecule has 94 valence electrons. The van der Waals surface area contributed by atoms with Crippen molar-refractivity contribution in [2.45, 2.75) is 26.7 Å². The topological polar surface area (TPSA) is 66.9 Å². The lowest BCUT2D eigenvalue weighted by Gasteiger charge is -2.07. The highest BCUT2D eigenvalue weighted by Crippen LogP contribution is 2.03. The summed E-state index contributed by atoms with van der Waals surface area (Å²) in [4.78, 5) is 19.8. The van der Waals surface area contributed by atoms with E-state index >= 15 is 0 Å². The van der Waals surface area contributed by atoms with Crippen LogP contribution in [0.15, 0.2) is 12.4 Å². The van der Waals surface area contributed by atoms with Crippen molar-refractivity contribution in [1.82, 2.24) is 15.3 Å². The second-order valence-corrected chi connectivity index (χ2v) is 4.33. The zero-order chi connectivity index (χ0) is 12.7. The third-order valence-corrected chi connectivity index (χ3v) is 2.37. The van der Waals surface area contributed by atoms with E-state index in [1.54, 1.807) is 13.2 Å². The van der Waals surface area contributed by atoms with Crippen molar-refractivity contribution in [2.24, 2.45) is 5.92 Å². The fourth-order valence-corrected chi connectivity index (χ4v) is 1.40. The van der Waals surface area contributed by atoms with Crippen molar-refractivity contribution in [1.29, 1.82) is 0 Å². The summed E-state index contributed by atoms with van der Waals surface area (Å²) in [5.74, 6) is 1.09. The van der Waals surface area contributed by atoms with Crippen LogP contribution in [0.3, 0.4) is 0 Å². The van der Waals surface area contributed by atoms with Gasteiger partial charge in [0.2, 0.25) is 0 Å². The van der Waals surface area contributed by atoms with Crippen molar-refractivity contribution in [3.8, 4) is 0 Å². The molecule has 17 heavy (non-hydrogen) atoms. The van der Waals surface area contributed by atoms with Crippen molar-refractivity contribution in [3.63, 3.8) is 0 Å². The van der Waals surface area contributed by atoms with Crippen LogP contribution < -0.4 is 10.6 Å². The maximum absolute atomic E-state index is 11.7. The molecule has 0 aliphatic carbocycles. The van der Waals surface area contributed by atoms with Gasteiger partial charge in [0, 0.05) is 13.6 Å². The second kappa shape index (κ2) is 6.83. The summed E-state index contributed by atoms with van der Waals surface area (Å²) in [5, 5.41) is 5.69. The number of carbonyl (C=O) groups is 1. The Balaban J connectivity index is 2.41. The highest BCUT2D eigenvalue weighted by Gasteiger charge is 2.07. The van der Waals surface area contributed by atoms with E-state index < -0.39 is 0 Å². The van der Waals surface area contributed by atoms with Gasteiger partial charge < -0.3 is 10.6 Å². The number of hydrogen-bond acceptors (Lipinski definition) is 4. The Morgan fingerprint density at radius 1 is 1.41 bits per heavy atom. The van der Waals surface area contributed by atoms with E-state index in [9.17, 15) is 4.79 Å². The fraction of sp³-hybridized carbons (Fsp3) is 0.583. The summed E-state index contributed by atoms with van der Waals surface area (Å²) in [6.45, 7) is 5.02. The number of anilines is 1. The minimum atomic E-state index is -0.168. The minimum absolute atomic E-state index is 0.168. The highest BCUT2D eigenvalue weighted by molar-refractivity contribution is 5.92. The first-order valence-corrected chi connectivity index (χ1v) is 5.91. The molecule has 5 heteroatoms. The second-order valence-electron chi connectivity index (χ2n) is 4.33. The predicted octanol–water partition coefficient (Wildman–Crippen LogP) is 1.68. The first kappa shape index (κ1) is 13.4. The summed E-state index contributed by atoms with van der Waals surface area (Å²) < 4.78 is 0. The van der Waals surface area contributed by atoms with E-state index in [1.165, 1.54) is 6.20 Å². The first-order valence-electron chi connectivity index (χ1n) is 5.91. The number of carbonyl (C=O) groups excluding carboxylic acids is 1. The molecule has 0 aliphatic rings. The molecule has 2 N–H and O–H groups in total.